The van der Waals surface area contributed by atoms with Crippen molar-refractivity contribution in [2.75, 3.05) is 7.11 Å². The molecule has 0 N–H and O–H groups in total. The van der Waals surface area contributed by atoms with Gasteiger partial charge in [-0.05, 0) is 31.2 Å². The molecule has 1 aliphatic heterocycles. The van der Waals surface area contributed by atoms with Crippen molar-refractivity contribution in [1.29, 1.82) is 0 Å². The van der Waals surface area contributed by atoms with Crippen molar-refractivity contribution >= 4 is 12.3 Å². The van der Waals surface area contributed by atoms with Crippen molar-refractivity contribution < 1.29 is 19.1 Å². The first-order valence-corrected chi connectivity index (χ1v) is 11.5. The first-order valence-electron chi connectivity index (χ1n) is 11.5. The Balaban J connectivity index is 0. The summed E-state index contributed by atoms with van der Waals surface area (Å²) in [7, 11) is 1.41. The average Bonchev–Trinajstić information content (AvgIpc) is 3.39. The number of aryl methyl sites for hydroxylation is 1. The molecule has 0 amide bonds. The number of rotatable bonds is 5. The third-order valence-corrected chi connectivity index (χ3v) is 4.63. The average molecular weight is 409 g/mol. The highest BCUT2D eigenvalue weighted by Crippen LogP contribution is 2.50. The number of hydrogen-bond acceptors (Lipinski definition) is 4. The van der Waals surface area contributed by atoms with E-state index in [1.54, 1.807) is 0 Å². The minimum atomic E-state index is -0.179. The van der Waals surface area contributed by atoms with Crippen LogP contribution < -0.4 is 4.74 Å². The molecule has 1 heterocycles. The second-order valence-corrected chi connectivity index (χ2v) is 5.82. The van der Waals surface area contributed by atoms with Crippen LogP contribution in [-0.2, 0) is 20.7 Å². The predicted octanol–water partition coefficient (Wildman–Crippen LogP) is 6.74. The number of esters is 1. The molecule has 1 aromatic rings. The van der Waals surface area contributed by atoms with E-state index in [1.165, 1.54) is 12.7 Å². The van der Waals surface area contributed by atoms with Gasteiger partial charge in [0, 0.05) is 23.8 Å². The molecule has 29 heavy (non-hydrogen) atoms. The van der Waals surface area contributed by atoms with E-state index >= 15 is 0 Å². The van der Waals surface area contributed by atoms with Crippen molar-refractivity contribution in [1.82, 2.24) is 0 Å². The van der Waals surface area contributed by atoms with Gasteiger partial charge in [-0.25, -0.2) is 0 Å². The van der Waals surface area contributed by atoms with E-state index in [9.17, 15) is 9.59 Å². The Morgan fingerprint density at radius 2 is 1.69 bits per heavy atom. The summed E-state index contributed by atoms with van der Waals surface area (Å²) < 4.78 is 10.8. The molecule has 1 aromatic carbocycles. The lowest BCUT2D eigenvalue weighted by Gasteiger charge is -2.11. The van der Waals surface area contributed by atoms with E-state index in [-0.39, 0.29) is 23.9 Å². The molecular weight excluding hydrogens is 364 g/mol. The molecule has 0 bridgehead atoms. The number of ether oxygens (including phenoxy) is 2. The second-order valence-electron chi connectivity index (χ2n) is 5.82. The first-order chi connectivity index (χ1) is 14.2. The van der Waals surface area contributed by atoms with E-state index in [2.05, 4.69) is 10.8 Å². The summed E-state index contributed by atoms with van der Waals surface area (Å²) in [6, 6.07) is 6.15. The normalized spacial score (nSPS) is 19.6. The van der Waals surface area contributed by atoms with Crippen LogP contribution in [0.5, 0.6) is 5.75 Å². The molecule has 1 saturated carbocycles. The fraction of sp³-hybridized carbons (Fsp3) is 0.680. The predicted molar refractivity (Wildman–Crippen MR) is 123 cm³/mol. The van der Waals surface area contributed by atoms with Gasteiger partial charge in [0.2, 0.25) is 0 Å². The van der Waals surface area contributed by atoms with Crippen LogP contribution in [-0.4, -0.2) is 25.5 Å². The van der Waals surface area contributed by atoms with Crippen molar-refractivity contribution in [2.45, 2.75) is 99.5 Å². The van der Waals surface area contributed by atoms with Crippen molar-refractivity contribution in [3.05, 3.63) is 29.3 Å². The Morgan fingerprint density at radius 1 is 1.07 bits per heavy atom. The van der Waals surface area contributed by atoms with Gasteiger partial charge in [0.1, 0.15) is 18.1 Å². The van der Waals surface area contributed by atoms with Gasteiger partial charge in [-0.3, -0.25) is 4.79 Å². The van der Waals surface area contributed by atoms with Gasteiger partial charge in [0.25, 0.3) is 0 Å². The Labute approximate surface area is 179 Å². The summed E-state index contributed by atoms with van der Waals surface area (Å²) in [6.07, 6.45) is 5.06. The monoisotopic (exact) mass is 408 g/mol. The molecule has 3 atom stereocenters. The minimum absolute atomic E-state index is 0.0848. The second kappa shape index (κ2) is 18.2. The first kappa shape index (κ1) is 29.4. The smallest absolute Gasteiger partial charge is 0.305 e. The zero-order valence-electron chi connectivity index (χ0n) is 20.2. The fourth-order valence-electron chi connectivity index (χ4n) is 3.59. The zero-order chi connectivity index (χ0) is 22.8. The summed E-state index contributed by atoms with van der Waals surface area (Å²) in [5.74, 6) is 1.07. The van der Waals surface area contributed by atoms with Crippen LogP contribution in [0.15, 0.2) is 18.2 Å². The number of para-hydroxylation sites is 1. The maximum absolute atomic E-state index is 11.2. The van der Waals surface area contributed by atoms with Gasteiger partial charge in [-0.2, -0.15) is 0 Å². The molecule has 4 heteroatoms. The summed E-state index contributed by atoms with van der Waals surface area (Å²) in [6.45, 7) is 16.0. The summed E-state index contributed by atoms with van der Waals surface area (Å²) >= 11 is 0. The SMILES string of the molecule is CC.CC.CC.CC.COC(=O)CCCc1cccc2c1O[C@H]1CCC(C=O)[C@@H]21. The number of benzene rings is 1. The zero-order valence-corrected chi connectivity index (χ0v) is 20.2. The topological polar surface area (TPSA) is 52.6 Å². The molecule has 3 rings (SSSR count). The lowest BCUT2D eigenvalue weighted by atomic mass is 9.88. The lowest BCUT2D eigenvalue weighted by Crippen LogP contribution is -2.16. The number of aldehydes is 1. The van der Waals surface area contributed by atoms with Crippen LogP contribution >= 0.6 is 0 Å². The van der Waals surface area contributed by atoms with Crippen molar-refractivity contribution in [3.63, 3.8) is 0 Å². The van der Waals surface area contributed by atoms with Crippen LogP contribution in [0, 0.1) is 5.92 Å². The van der Waals surface area contributed by atoms with E-state index in [1.807, 2.05) is 67.5 Å². The summed E-state index contributed by atoms with van der Waals surface area (Å²) in [5.41, 5.74) is 2.31. The van der Waals surface area contributed by atoms with E-state index in [4.69, 9.17) is 4.74 Å². The lowest BCUT2D eigenvalue weighted by molar-refractivity contribution is -0.140. The number of hydrogen-bond donors (Lipinski definition) is 0. The molecular formula is C25H44O4. The van der Waals surface area contributed by atoms with Crippen LogP contribution in [0.1, 0.15) is 98.1 Å². The van der Waals surface area contributed by atoms with Gasteiger partial charge in [-0.1, -0.05) is 73.6 Å². The summed E-state index contributed by atoms with van der Waals surface area (Å²) in [5, 5.41) is 0. The van der Waals surface area contributed by atoms with Crippen molar-refractivity contribution in [2.24, 2.45) is 5.92 Å². The van der Waals surface area contributed by atoms with E-state index < -0.39 is 0 Å². The number of carbonyl (C=O) groups is 2. The quantitative estimate of drug-likeness (QED) is 0.400. The molecule has 0 aromatic heterocycles. The molecule has 168 valence electrons. The minimum Gasteiger partial charge on any atom is -0.489 e. The van der Waals surface area contributed by atoms with Crippen LogP contribution in [0.4, 0.5) is 0 Å². The molecule has 2 aliphatic rings. The largest absolute Gasteiger partial charge is 0.489 e. The molecule has 1 fully saturated rings. The standard InChI is InChI=1S/C17H20O4.4C2H6/c1-20-15(19)7-3-5-11-4-2-6-13-16-12(10-18)8-9-14(16)21-17(11)13;4*1-2/h2,4,6,10,12,14,16H,3,5,7-9H2,1H3;4*1-2H3/t12?,14-,16-;;;;/m0..../s1. The number of methoxy groups -OCH3 is 1. The van der Waals surface area contributed by atoms with Crippen LogP contribution in [0.2, 0.25) is 0 Å². The highest BCUT2D eigenvalue weighted by molar-refractivity contribution is 5.69. The maximum Gasteiger partial charge on any atom is 0.305 e. The van der Waals surface area contributed by atoms with Gasteiger partial charge in [-0.15, -0.1) is 0 Å². The Hall–Kier alpha value is -1.84. The number of carbonyl (C=O) groups excluding carboxylic acids is 2. The Kier molecular flexibility index (Phi) is 18.4. The highest BCUT2D eigenvalue weighted by Gasteiger charge is 2.45. The van der Waals surface area contributed by atoms with Crippen molar-refractivity contribution in [3.8, 4) is 5.75 Å². The number of fused-ring (bicyclic) bond motifs is 3. The summed E-state index contributed by atoms with van der Waals surface area (Å²) in [4.78, 5) is 22.4. The third-order valence-electron chi connectivity index (χ3n) is 4.63. The molecule has 4 nitrogen and oxygen atoms in total. The molecule has 0 radical (unpaired) electrons. The van der Waals surface area contributed by atoms with Gasteiger partial charge in [0.05, 0.1) is 7.11 Å². The fourth-order valence-corrected chi connectivity index (χ4v) is 3.59. The van der Waals surface area contributed by atoms with Crippen LogP contribution in [0.3, 0.4) is 0 Å². The van der Waals surface area contributed by atoms with E-state index in [0.717, 1.165) is 43.3 Å². The molecule has 1 aliphatic carbocycles. The third kappa shape index (κ3) is 8.20. The molecule has 1 unspecified atom stereocenters. The molecule has 0 saturated heterocycles. The van der Waals surface area contributed by atoms with Gasteiger partial charge in [0.15, 0.2) is 0 Å². The van der Waals surface area contributed by atoms with E-state index in [0.29, 0.717) is 6.42 Å². The Bertz CT molecular complexity index is 554. The highest BCUT2D eigenvalue weighted by atomic mass is 16.5. The maximum atomic E-state index is 11.2. The Morgan fingerprint density at radius 3 is 2.24 bits per heavy atom. The van der Waals surface area contributed by atoms with Gasteiger partial charge < -0.3 is 14.3 Å². The van der Waals surface area contributed by atoms with Gasteiger partial charge >= 0.3 is 5.97 Å². The molecule has 0 spiro atoms. The van der Waals surface area contributed by atoms with Crippen LogP contribution in [0.25, 0.3) is 0 Å².